The number of allylic oxidation sites excluding steroid dienone is 6. The quantitative estimate of drug-likeness (QED) is 0.0263. The number of esters is 3. The normalized spacial score (nSPS) is 12.3. The molecule has 0 rings (SSSR count). The van der Waals surface area contributed by atoms with E-state index in [1.54, 1.807) is 0 Å². The molecule has 0 aliphatic rings. The Balaban J connectivity index is 4.39. The molecule has 1 unspecified atom stereocenters. The lowest BCUT2D eigenvalue weighted by atomic mass is 10.1. The minimum atomic E-state index is -0.780. The molecule has 0 saturated heterocycles. The summed E-state index contributed by atoms with van der Waals surface area (Å²) in [6.07, 6.45) is 55.5. The number of carbonyl (C=O) groups excluding carboxylic acids is 3. The summed E-state index contributed by atoms with van der Waals surface area (Å²) in [5, 5.41) is 0. The van der Waals surface area contributed by atoms with Crippen molar-refractivity contribution in [3.63, 3.8) is 0 Å². The molecule has 1 atom stereocenters. The molecular formula is C53H96O6. The summed E-state index contributed by atoms with van der Waals surface area (Å²) < 4.78 is 16.8. The lowest BCUT2D eigenvalue weighted by molar-refractivity contribution is -0.167. The van der Waals surface area contributed by atoms with E-state index < -0.39 is 6.10 Å². The maximum absolute atomic E-state index is 12.8. The van der Waals surface area contributed by atoms with E-state index >= 15 is 0 Å². The first kappa shape index (κ1) is 56.6. The largest absolute Gasteiger partial charge is 0.462 e. The first-order valence-electron chi connectivity index (χ1n) is 25.5. The molecular weight excluding hydrogens is 733 g/mol. The van der Waals surface area contributed by atoms with Gasteiger partial charge in [-0.3, -0.25) is 14.4 Å². The first-order valence-corrected chi connectivity index (χ1v) is 25.5. The van der Waals surface area contributed by atoms with E-state index in [2.05, 4.69) is 57.2 Å². The fraction of sp³-hybridized carbons (Fsp3) is 0.830. The summed E-state index contributed by atoms with van der Waals surface area (Å²) in [6.45, 7) is 6.59. The second kappa shape index (κ2) is 48.3. The van der Waals surface area contributed by atoms with Crippen molar-refractivity contribution < 1.29 is 28.6 Å². The molecule has 0 heterocycles. The molecule has 0 N–H and O–H groups in total. The molecule has 0 fully saturated rings. The van der Waals surface area contributed by atoms with Crippen molar-refractivity contribution in [1.82, 2.24) is 0 Å². The highest BCUT2D eigenvalue weighted by Crippen LogP contribution is 2.14. The smallest absolute Gasteiger partial charge is 0.306 e. The van der Waals surface area contributed by atoms with Gasteiger partial charge in [-0.15, -0.1) is 0 Å². The lowest BCUT2D eigenvalue weighted by Gasteiger charge is -2.18. The SMILES string of the molecule is CCCCCCC=CCCCCCCCC(=O)OCC(COC(=O)CCCCCCCC=CCCCCCCCC)OC(=O)CCCCCCCC=CCCCCCC. The molecule has 59 heavy (non-hydrogen) atoms. The van der Waals surface area contributed by atoms with E-state index in [0.29, 0.717) is 19.3 Å². The van der Waals surface area contributed by atoms with Gasteiger partial charge in [-0.1, -0.05) is 186 Å². The minimum absolute atomic E-state index is 0.0811. The standard InChI is InChI=1S/C53H96O6/c1-4-7-10-13-16-19-22-25-26-29-31-34-37-40-43-46-52(55)58-49-50(59-53(56)47-44-41-38-35-32-28-24-21-18-15-12-9-6-3)48-57-51(54)45-42-39-36-33-30-27-23-20-17-14-11-8-5-2/h20-21,23-26,50H,4-19,22,27-49H2,1-3H3. The van der Waals surface area contributed by atoms with Crippen LogP contribution in [0.1, 0.15) is 265 Å². The third-order valence-corrected chi connectivity index (χ3v) is 11.1. The van der Waals surface area contributed by atoms with Gasteiger partial charge in [0.2, 0.25) is 0 Å². The van der Waals surface area contributed by atoms with Crippen LogP contribution in [-0.4, -0.2) is 37.2 Å². The summed E-state index contributed by atoms with van der Waals surface area (Å²) in [4.78, 5) is 37.9. The second-order valence-corrected chi connectivity index (χ2v) is 17.1. The van der Waals surface area contributed by atoms with Crippen molar-refractivity contribution >= 4 is 17.9 Å². The molecule has 6 heteroatoms. The zero-order chi connectivity index (χ0) is 43.0. The molecule has 0 aliphatic carbocycles. The van der Waals surface area contributed by atoms with Crippen LogP contribution in [-0.2, 0) is 28.6 Å². The van der Waals surface area contributed by atoms with Gasteiger partial charge in [0.25, 0.3) is 0 Å². The molecule has 344 valence electrons. The van der Waals surface area contributed by atoms with Gasteiger partial charge < -0.3 is 14.2 Å². The van der Waals surface area contributed by atoms with E-state index in [9.17, 15) is 14.4 Å². The number of unbranched alkanes of at least 4 members (excludes halogenated alkanes) is 29. The minimum Gasteiger partial charge on any atom is -0.462 e. The van der Waals surface area contributed by atoms with Crippen molar-refractivity contribution in [1.29, 1.82) is 0 Å². The molecule has 0 radical (unpaired) electrons. The van der Waals surface area contributed by atoms with Crippen molar-refractivity contribution in [2.75, 3.05) is 13.2 Å². The average Bonchev–Trinajstić information content (AvgIpc) is 3.23. The Morgan fingerprint density at radius 1 is 0.322 bits per heavy atom. The summed E-state index contributed by atoms with van der Waals surface area (Å²) >= 11 is 0. The maximum atomic E-state index is 12.8. The molecule has 0 amide bonds. The molecule has 0 aromatic heterocycles. The molecule has 0 aromatic carbocycles. The number of ether oxygens (including phenoxy) is 3. The Morgan fingerprint density at radius 3 is 0.864 bits per heavy atom. The summed E-state index contributed by atoms with van der Waals surface area (Å²) in [5.74, 6) is -0.900. The molecule has 0 spiro atoms. The Morgan fingerprint density at radius 2 is 0.559 bits per heavy atom. The van der Waals surface area contributed by atoms with Crippen LogP contribution in [0, 0.1) is 0 Å². The van der Waals surface area contributed by atoms with Gasteiger partial charge >= 0.3 is 17.9 Å². The summed E-state index contributed by atoms with van der Waals surface area (Å²) in [7, 11) is 0. The van der Waals surface area contributed by atoms with Crippen molar-refractivity contribution in [2.45, 2.75) is 271 Å². The highest BCUT2D eigenvalue weighted by molar-refractivity contribution is 5.71. The van der Waals surface area contributed by atoms with E-state index in [-0.39, 0.29) is 31.1 Å². The Kier molecular flexibility index (Phi) is 46.4. The van der Waals surface area contributed by atoms with Crippen molar-refractivity contribution in [3.8, 4) is 0 Å². The number of rotatable bonds is 46. The van der Waals surface area contributed by atoms with Crippen LogP contribution in [0.5, 0.6) is 0 Å². The van der Waals surface area contributed by atoms with Gasteiger partial charge in [0.15, 0.2) is 6.10 Å². The summed E-state index contributed by atoms with van der Waals surface area (Å²) in [6, 6.07) is 0. The topological polar surface area (TPSA) is 78.9 Å². The molecule has 0 aromatic rings. The predicted octanol–water partition coefficient (Wildman–Crippen LogP) is 16.5. The fourth-order valence-corrected chi connectivity index (χ4v) is 7.19. The van der Waals surface area contributed by atoms with Gasteiger partial charge in [-0.2, -0.15) is 0 Å². The average molecular weight is 829 g/mol. The van der Waals surface area contributed by atoms with E-state index in [1.807, 2.05) is 0 Å². The van der Waals surface area contributed by atoms with Crippen LogP contribution < -0.4 is 0 Å². The van der Waals surface area contributed by atoms with Gasteiger partial charge in [-0.25, -0.2) is 0 Å². The molecule has 0 bridgehead atoms. The van der Waals surface area contributed by atoms with E-state index in [1.165, 1.54) is 141 Å². The number of hydrogen-bond donors (Lipinski definition) is 0. The van der Waals surface area contributed by atoms with Crippen LogP contribution >= 0.6 is 0 Å². The lowest BCUT2D eigenvalue weighted by Crippen LogP contribution is -2.30. The van der Waals surface area contributed by atoms with Crippen LogP contribution in [0.25, 0.3) is 0 Å². The Bertz CT molecular complexity index is 1000. The molecule has 0 saturated carbocycles. The zero-order valence-corrected chi connectivity index (χ0v) is 39.3. The van der Waals surface area contributed by atoms with E-state index in [0.717, 1.165) is 83.5 Å². The van der Waals surface area contributed by atoms with Crippen molar-refractivity contribution in [2.24, 2.45) is 0 Å². The van der Waals surface area contributed by atoms with Gasteiger partial charge in [0.1, 0.15) is 13.2 Å². The first-order chi connectivity index (χ1) is 29.0. The predicted molar refractivity (Wildman–Crippen MR) is 252 cm³/mol. The summed E-state index contributed by atoms with van der Waals surface area (Å²) in [5.41, 5.74) is 0. The highest BCUT2D eigenvalue weighted by Gasteiger charge is 2.19. The van der Waals surface area contributed by atoms with Gasteiger partial charge in [0.05, 0.1) is 0 Å². The fourth-order valence-electron chi connectivity index (χ4n) is 7.19. The van der Waals surface area contributed by atoms with E-state index in [4.69, 9.17) is 14.2 Å². The van der Waals surface area contributed by atoms with Gasteiger partial charge in [0, 0.05) is 19.3 Å². The van der Waals surface area contributed by atoms with Crippen LogP contribution in [0.3, 0.4) is 0 Å². The Hall–Kier alpha value is -2.37. The van der Waals surface area contributed by atoms with Gasteiger partial charge in [-0.05, 0) is 96.3 Å². The van der Waals surface area contributed by atoms with Crippen LogP contribution in [0.15, 0.2) is 36.5 Å². The highest BCUT2D eigenvalue weighted by atomic mass is 16.6. The maximum Gasteiger partial charge on any atom is 0.306 e. The Labute approximate surface area is 365 Å². The second-order valence-electron chi connectivity index (χ2n) is 17.1. The molecule has 0 aliphatic heterocycles. The third kappa shape index (κ3) is 46.5. The number of hydrogen-bond acceptors (Lipinski definition) is 6. The molecule has 6 nitrogen and oxygen atoms in total. The van der Waals surface area contributed by atoms with Crippen LogP contribution in [0.2, 0.25) is 0 Å². The monoisotopic (exact) mass is 829 g/mol. The van der Waals surface area contributed by atoms with Crippen molar-refractivity contribution in [3.05, 3.63) is 36.5 Å². The van der Waals surface area contributed by atoms with Crippen LogP contribution in [0.4, 0.5) is 0 Å². The third-order valence-electron chi connectivity index (χ3n) is 11.1. The number of carbonyl (C=O) groups is 3. The zero-order valence-electron chi connectivity index (χ0n) is 39.3.